The van der Waals surface area contributed by atoms with Crippen LogP contribution in [0.1, 0.15) is 115 Å². The monoisotopic (exact) mass is 544 g/mol. The summed E-state index contributed by atoms with van der Waals surface area (Å²) in [4.78, 5) is 12.4. The Morgan fingerprint density at radius 2 is 1.46 bits per heavy atom. The first-order chi connectivity index (χ1) is 17.5. The van der Waals surface area contributed by atoms with E-state index in [2.05, 4.69) is 12.2 Å². The number of aliphatic hydroxyl groups is 1. The lowest BCUT2D eigenvalue weighted by atomic mass is 9.96. The highest BCUT2D eigenvalue weighted by Crippen LogP contribution is 2.33. The van der Waals surface area contributed by atoms with Crippen LogP contribution in [0.5, 0.6) is 0 Å². The minimum atomic E-state index is -4.72. The Morgan fingerprint density at radius 1 is 0.946 bits per heavy atom. The molecule has 0 aliphatic heterocycles. The zero-order valence-corrected chi connectivity index (χ0v) is 23.1. The fourth-order valence-corrected chi connectivity index (χ4v) is 5.35. The molecule has 1 unspecified atom stereocenters. The summed E-state index contributed by atoms with van der Waals surface area (Å²) in [6, 6.07) is 4.42. The summed E-state index contributed by atoms with van der Waals surface area (Å²) in [7, 11) is -0.671. The van der Waals surface area contributed by atoms with Crippen molar-refractivity contribution in [1.82, 2.24) is 0 Å². The number of amides is 1. The lowest BCUT2D eigenvalue weighted by Gasteiger charge is -2.22. The second-order valence-corrected chi connectivity index (χ2v) is 11.6. The molecule has 0 saturated heterocycles. The first kappa shape index (κ1) is 33.1. The number of carbonyl (C=O) groups excluding carboxylic acids is 1. The smallest absolute Gasteiger partial charge is 0.380 e. The molecule has 0 aliphatic carbocycles. The SMILES string of the molecule is CCCCCCS(=O)CCCCCCCCCCC[C@](C)(O)C(=O)Nc1ccc(C#N)c(C(F)(F)F)c1. The quantitative estimate of drug-likeness (QED) is 0.177. The number of benzene rings is 1. The molecule has 0 radical (unpaired) electrons. The van der Waals surface area contributed by atoms with E-state index in [0.717, 1.165) is 75.4 Å². The molecule has 5 nitrogen and oxygen atoms in total. The van der Waals surface area contributed by atoms with Gasteiger partial charge in [0.05, 0.1) is 17.2 Å². The molecule has 0 fully saturated rings. The van der Waals surface area contributed by atoms with Gasteiger partial charge in [-0.15, -0.1) is 0 Å². The summed E-state index contributed by atoms with van der Waals surface area (Å²) in [6.45, 7) is 3.53. The summed E-state index contributed by atoms with van der Waals surface area (Å²) < 4.78 is 51.3. The molecule has 1 amide bonds. The number of nitrogens with one attached hydrogen (secondary N) is 1. The highest BCUT2D eigenvalue weighted by molar-refractivity contribution is 7.84. The van der Waals surface area contributed by atoms with Crippen LogP contribution < -0.4 is 5.32 Å². The molecule has 1 rings (SSSR count). The largest absolute Gasteiger partial charge is 0.417 e. The van der Waals surface area contributed by atoms with Crippen molar-refractivity contribution in [2.75, 3.05) is 16.8 Å². The minimum Gasteiger partial charge on any atom is -0.380 e. The fourth-order valence-electron chi connectivity index (χ4n) is 4.09. The third kappa shape index (κ3) is 14.0. The third-order valence-corrected chi connectivity index (χ3v) is 7.94. The van der Waals surface area contributed by atoms with Crippen LogP contribution in [0, 0.1) is 11.3 Å². The average molecular weight is 545 g/mol. The molecule has 9 heteroatoms. The van der Waals surface area contributed by atoms with E-state index in [-0.39, 0.29) is 12.1 Å². The molecule has 0 bridgehead atoms. The van der Waals surface area contributed by atoms with Gasteiger partial charge in [-0.1, -0.05) is 77.6 Å². The van der Waals surface area contributed by atoms with Crippen LogP contribution in [0.25, 0.3) is 0 Å². The summed E-state index contributed by atoms with van der Waals surface area (Å²) in [5.74, 6) is 0.879. The van der Waals surface area contributed by atoms with Crippen LogP contribution in [-0.4, -0.2) is 32.3 Å². The zero-order valence-electron chi connectivity index (χ0n) is 22.3. The van der Waals surface area contributed by atoms with Gasteiger partial charge in [0, 0.05) is 28.0 Å². The number of halogens is 3. The van der Waals surface area contributed by atoms with E-state index >= 15 is 0 Å². The predicted molar refractivity (Wildman–Crippen MR) is 144 cm³/mol. The number of alkyl halides is 3. The Balaban J connectivity index is 2.19. The van der Waals surface area contributed by atoms with Gasteiger partial charge in [0.2, 0.25) is 0 Å². The van der Waals surface area contributed by atoms with Crippen LogP contribution in [0.3, 0.4) is 0 Å². The average Bonchev–Trinajstić information content (AvgIpc) is 2.84. The van der Waals surface area contributed by atoms with Gasteiger partial charge in [-0.2, -0.15) is 18.4 Å². The maximum absolute atomic E-state index is 13.1. The van der Waals surface area contributed by atoms with Crippen molar-refractivity contribution in [1.29, 1.82) is 5.26 Å². The summed E-state index contributed by atoms with van der Waals surface area (Å²) in [5.41, 5.74) is -3.47. The van der Waals surface area contributed by atoms with Crippen molar-refractivity contribution in [3.8, 4) is 6.07 Å². The predicted octanol–water partition coefficient (Wildman–Crippen LogP) is 7.50. The van der Waals surface area contributed by atoms with Gasteiger partial charge in [0.25, 0.3) is 5.91 Å². The molecule has 37 heavy (non-hydrogen) atoms. The topological polar surface area (TPSA) is 90.2 Å². The number of nitriles is 1. The number of hydrogen-bond acceptors (Lipinski definition) is 4. The van der Waals surface area contributed by atoms with Crippen LogP contribution >= 0.6 is 0 Å². The van der Waals surface area contributed by atoms with Crippen molar-refractivity contribution < 1.29 is 27.3 Å². The summed E-state index contributed by atoms with van der Waals surface area (Å²) >= 11 is 0. The van der Waals surface area contributed by atoms with Crippen LogP contribution in [0.4, 0.5) is 18.9 Å². The van der Waals surface area contributed by atoms with Crippen molar-refractivity contribution in [2.45, 2.75) is 116 Å². The number of carbonyl (C=O) groups is 1. The molecule has 0 saturated carbocycles. The van der Waals surface area contributed by atoms with Gasteiger partial charge in [-0.05, 0) is 44.4 Å². The maximum Gasteiger partial charge on any atom is 0.417 e. The first-order valence-corrected chi connectivity index (χ1v) is 15.0. The summed E-state index contributed by atoms with van der Waals surface area (Å²) in [5, 5.41) is 21.7. The Labute approximate surface area is 222 Å². The lowest BCUT2D eigenvalue weighted by molar-refractivity contribution is -0.138. The van der Waals surface area contributed by atoms with Crippen molar-refractivity contribution in [3.63, 3.8) is 0 Å². The number of unbranched alkanes of at least 4 members (excludes halogenated alkanes) is 11. The van der Waals surface area contributed by atoms with E-state index in [1.807, 2.05) is 0 Å². The second kappa shape index (κ2) is 17.6. The zero-order chi connectivity index (χ0) is 27.7. The van der Waals surface area contributed by atoms with Crippen molar-refractivity contribution >= 4 is 22.4 Å². The van der Waals surface area contributed by atoms with Crippen molar-refractivity contribution in [3.05, 3.63) is 29.3 Å². The molecule has 0 aliphatic rings. The molecule has 0 spiro atoms. The number of anilines is 1. The number of hydrogen-bond donors (Lipinski definition) is 2. The molecule has 1 aromatic rings. The lowest BCUT2D eigenvalue weighted by Crippen LogP contribution is -2.40. The fraction of sp³-hybridized carbons (Fsp3) is 0.714. The molecule has 210 valence electrons. The minimum absolute atomic E-state index is 0.116. The van der Waals surface area contributed by atoms with Gasteiger partial charge in [0.1, 0.15) is 5.60 Å². The van der Waals surface area contributed by atoms with Gasteiger partial charge in [-0.3, -0.25) is 9.00 Å². The highest BCUT2D eigenvalue weighted by Gasteiger charge is 2.35. The molecule has 2 N–H and O–H groups in total. The van der Waals surface area contributed by atoms with Gasteiger partial charge in [-0.25, -0.2) is 0 Å². The van der Waals surface area contributed by atoms with E-state index in [0.29, 0.717) is 12.5 Å². The van der Waals surface area contributed by atoms with Crippen LogP contribution in [0.15, 0.2) is 18.2 Å². The summed E-state index contributed by atoms with van der Waals surface area (Å²) in [6.07, 6.45) is 9.26. The van der Waals surface area contributed by atoms with Crippen LogP contribution in [-0.2, 0) is 21.8 Å². The van der Waals surface area contributed by atoms with E-state index < -0.39 is 39.6 Å². The van der Waals surface area contributed by atoms with E-state index in [1.165, 1.54) is 38.3 Å². The van der Waals surface area contributed by atoms with Crippen LogP contribution in [0.2, 0.25) is 0 Å². The highest BCUT2D eigenvalue weighted by atomic mass is 32.2. The Hall–Kier alpha value is -1.92. The maximum atomic E-state index is 13.1. The Bertz CT molecular complexity index is 882. The Kier molecular flexibility index (Phi) is 15.7. The van der Waals surface area contributed by atoms with Crippen molar-refractivity contribution in [2.24, 2.45) is 0 Å². The van der Waals surface area contributed by atoms with Gasteiger partial charge >= 0.3 is 6.18 Å². The normalized spacial score (nSPS) is 14.1. The van der Waals surface area contributed by atoms with Gasteiger partial charge in [0.15, 0.2) is 0 Å². The molecular weight excluding hydrogens is 501 g/mol. The Morgan fingerprint density at radius 3 is 1.97 bits per heavy atom. The van der Waals surface area contributed by atoms with Gasteiger partial charge < -0.3 is 10.4 Å². The molecule has 0 aromatic heterocycles. The molecule has 1 aromatic carbocycles. The standard InChI is InChI=1S/C28H43F3N2O3S/c1-3-4-5-14-19-37(36)20-15-12-10-8-6-7-9-11-13-18-27(2,35)26(34)33-24-17-16-23(22-32)25(21-24)28(29,30)31/h16-17,21,35H,3-15,18-20H2,1-2H3,(H,33,34)/t27-,37?/m0/s1. The first-order valence-electron chi connectivity index (χ1n) is 13.5. The number of nitrogens with zero attached hydrogens (tertiary/aromatic N) is 1. The van der Waals surface area contributed by atoms with E-state index in [4.69, 9.17) is 5.26 Å². The second-order valence-electron chi connectivity index (χ2n) is 9.94. The van der Waals surface area contributed by atoms with E-state index in [1.54, 1.807) is 0 Å². The molecular formula is C28H43F3N2O3S. The van der Waals surface area contributed by atoms with E-state index in [9.17, 15) is 27.3 Å². The molecule has 2 atom stereocenters. The molecule has 0 heterocycles. The third-order valence-electron chi connectivity index (χ3n) is 6.45. The number of rotatable bonds is 19.